The van der Waals surface area contributed by atoms with Crippen molar-refractivity contribution in [2.75, 3.05) is 0 Å². The van der Waals surface area contributed by atoms with Crippen LogP contribution >= 0.6 is 0 Å². The van der Waals surface area contributed by atoms with E-state index in [1.807, 2.05) is 0 Å². The van der Waals surface area contributed by atoms with E-state index in [1.54, 1.807) is 0 Å². The number of amides is 1. The standard InChI is InChI=1S/C27H44F3NO/c1-16(2)7-6-8-17(3)18-9-10-19-24-20(11-13-25(18,19)4)26(5)14-12-23(32)31-22(26)15-21(24)27(28,29)30/h16-22,24H,6-15H2,1-5H3,(H,31,32)/t17?,18?,19?,20?,21?,22?,24?,25-,26-/m1/s1. The van der Waals surface area contributed by atoms with Gasteiger partial charge in [0.2, 0.25) is 5.91 Å². The minimum atomic E-state index is -4.19. The molecule has 7 unspecified atom stereocenters. The predicted octanol–water partition coefficient (Wildman–Crippen LogP) is 7.37. The van der Waals surface area contributed by atoms with Crippen LogP contribution in [0, 0.1) is 52.3 Å². The molecule has 0 aromatic carbocycles. The van der Waals surface area contributed by atoms with E-state index in [0.717, 1.165) is 32.1 Å². The molecular formula is C27H44F3NO. The lowest BCUT2D eigenvalue weighted by Gasteiger charge is -2.62. The third-order valence-electron chi connectivity index (χ3n) is 10.8. The van der Waals surface area contributed by atoms with Crippen molar-refractivity contribution in [1.29, 1.82) is 0 Å². The van der Waals surface area contributed by atoms with Crippen molar-refractivity contribution in [2.24, 2.45) is 52.3 Å². The van der Waals surface area contributed by atoms with Gasteiger partial charge in [0.25, 0.3) is 0 Å². The fourth-order valence-corrected chi connectivity index (χ4v) is 9.07. The smallest absolute Gasteiger partial charge is 0.353 e. The predicted molar refractivity (Wildman–Crippen MR) is 122 cm³/mol. The monoisotopic (exact) mass is 455 g/mol. The Morgan fingerprint density at radius 2 is 1.69 bits per heavy atom. The van der Waals surface area contributed by atoms with Crippen molar-refractivity contribution < 1.29 is 18.0 Å². The van der Waals surface area contributed by atoms with E-state index in [-0.39, 0.29) is 47.0 Å². The van der Waals surface area contributed by atoms with Crippen LogP contribution in [0.5, 0.6) is 0 Å². The van der Waals surface area contributed by atoms with Crippen LogP contribution in [0.15, 0.2) is 0 Å². The van der Waals surface area contributed by atoms with Crippen molar-refractivity contribution >= 4 is 5.91 Å². The van der Waals surface area contributed by atoms with E-state index in [4.69, 9.17) is 0 Å². The summed E-state index contributed by atoms with van der Waals surface area (Å²) in [7, 11) is 0. The van der Waals surface area contributed by atoms with Gasteiger partial charge in [0.05, 0.1) is 5.92 Å². The van der Waals surface area contributed by atoms with Crippen LogP contribution in [0.4, 0.5) is 13.2 Å². The molecule has 32 heavy (non-hydrogen) atoms. The molecule has 1 aliphatic heterocycles. The number of piperidine rings is 1. The van der Waals surface area contributed by atoms with Crippen LogP contribution in [-0.4, -0.2) is 18.1 Å². The highest BCUT2D eigenvalue weighted by atomic mass is 19.4. The molecule has 9 atom stereocenters. The number of rotatable bonds is 5. The Morgan fingerprint density at radius 1 is 1.00 bits per heavy atom. The molecule has 0 spiro atoms. The molecular weight excluding hydrogens is 411 g/mol. The third-order valence-corrected chi connectivity index (χ3v) is 10.8. The molecule has 0 aromatic rings. The Balaban J connectivity index is 1.60. The maximum atomic E-state index is 14.5. The van der Waals surface area contributed by atoms with Gasteiger partial charge in [0.1, 0.15) is 0 Å². The molecule has 1 heterocycles. The summed E-state index contributed by atoms with van der Waals surface area (Å²) >= 11 is 0. The number of fused-ring (bicyclic) bond motifs is 5. The van der Waals surface area contributed by atoms with Crippen LogP contribution < -0.4 is 5.32 Å². The molecule has 4 fully saturated rings. The van der Waals surface area contributed by atoms with Gasteiger partial charge in [-0.3, -0.25) is 4.79 Å². The largest absolute Gasteiger partial charge is 0.392 e. The van der Waals surface area contributed by atoms with Crippen molar-refractivity contribution in [3.05, 3.63) is 0 Å². The van der Waals surface area contributed by atoms with Crippen LogP contribution in [0.25, 0.3) is 0 Å². The van der Waals surface area contributed by atoms with E-state index >= 15 is 0 Å². The summed E-state index contributed by atoms with van der Waals surface area (Å²) in [6.07, 6.45) is 4.76. The summed E-state index contributed by atoms with van der Waals surface area (Å²) in [5.41, 5.74) is -0.161. The Morgan fingerprint density at radius 3 is 2.34 bits per heavy atom. The second-order valence-electron chi connectivity index (χ2n) is 12.8. The Labute approximate surface area is 192 Å². The molecule has 0 bridgehead atoms. The number of hydrogen-bond acceptors (Lipinski definition) is 1. The number of nitrogens with one attached hydrogen (secondary N) is 1. The van der Waals surface area contributed by atoms with E-state index in [0.29, 0.717) is 24.2 Å². The average Bonchev–Trinajstić information content (AvgIpc) is 3.04. The van der Waals surface area contributed by atoms with Gasteiger partial charge in [0, 0.05) is 12.5 Å². The van der Waals surface area contributed by atoms with Crippen LogP contribution in [0.3, 0.4) is 0 Å². The molecule has 4 rings (SSSR count). The SMILES string of the molecule is CC(C)CCCC(C)C1CCC2C3C(C(F)(F)F)CC4NC(=O)CC[C@]4(C)C3CC[C@]12C. The molecule has 5 heteroatoms. The topological polar surface area (TPSA) is 29.1 Å². The third kappa shape index (κ3) is 4.02. The zero-order valence-corrected chi connectivity index (χ0v) is 20.7. The second kappa shape index (κ2) is 8.48. The van der Waals surface area contributed by atoms with Gasteiger partial charge in [-0.1, -0.05) is 53.9 Å². The highest BCUT2D eigenvalue weighted by Crippen LogP contribution is 2.69. The highest BCUT2D eigenvalue weighted by molar-refractivity contribution is 5.77. The molecule has 1 N–H and O–H groups in total. The molecule has 3 aliphatic carbocycles. The Hall–Kier alpha value is -0.740. The van der Waals surface area contributed by atoms with Crippen molar-refractivity contribution in [3.8, 4) is 0 Å². The lowest BCUT2D eigenvalue weighted by Crippen LogP contribution is -2.65. The van der Waals surface area contributed by atoms with Crippen LogP contribution in [-0.2, 0) is 4.79 Å². The first-order chi connectivity index (χ1) is 14.9. The number of alkyl halides is 3. The van der Waals surface area contributed by atoms with E-state index in [1.165, 1.54) is 19.3 Å². The number of carbonyl (C=O) groups excluding carboxylic acids is 1. The quantitative estimate of drug-likeness (QED) is 0.460. The first-order valence-corrected chi connectivity index (χ1v) is 13.2. The molecule has 0 radical (unpaired) electrons. The van der Waals surface area contributed by atoms with Crippen LogP contribution in [0.2, 0.25) is 0 Å². The van der Waals surface area contributed by atoms with Gasteiger partial charge < -0.3 is 5.32 Å². The maximum Gasteiger partial charge on any atom is 0.392 e. The molecule has 184 valence electrons. The summed E-state index contributed by atoms with van der Waals surface area (Å²) in [4.78, 5) is 12.1. The van der Waals surface area contributed by atoms with Crippen molar-refractivity contribution in [1.82, 2.24) is 5.32 Å². The van der Waals surface area contributed by atoms with Gasteiger partial charge in [-0.2, -0.15) is 13.2 Å². The molecule has 1 saturated heterocycles. The Kier molecular flexibility index (Phi) is 6.47. The first kappa shape index (κ1) is 24.4. The summed E-state index contributed by atoms with van der Waals surface area (Å²) in [6, 6.07) is -0.326. The molecule has 3 saturated carbocycles. The summed E-state index contributed by atoms with van der Waals surface area (Å²) in [5.74, 6) is 0.466. The normalized spacial score (nSPS) is 45.1. The molecule has 4 aliphatic rings. The van der Waals surface area contributed by atoms with E-state index in [9.17, 15) is 18.0 Å². The fourth-order valence-electron chi connectivity index (χ4n) is 9.07. The summed E-state index contributed by atoms with van der Waals surface area (Å²) in [6.45, 7) is 11.4. The molecule has 1 amide bonds. The molecule has 2 nitrogen and oxygen atoms in total. The zero-order valence-electron chi connectivity index (χ0n) is 20.7. The number of halogens is 3. The second-order valence-corrected chi connectivity index (χ2v) is 12.8. The van der Waals surface area contributed by atoms with Gasteiger partial charge in [-0.05, 0) is 84.9 Å². The average molecular weight is 456 g/mol. The lowest BCUT2D eigenvalue weighted by atomic mass is 9.44. The number of hydrogen-bond donors (Lipinski definition) is 1. The van der Waals surface area contributed by atoms with Gasteiger partial charge in [-0.25, -0.2) is 0 Å². The van der Waals surface area contributed by atoms with Gasteiger partial charge >= 0.3 is 6.18 Å². The Bertz CT molecular complexity index is 706. The zero-order chi connectivity index (χ0) is 23.5. The summed E-state index contributed by atoms with van der Waals surface area (Å²) in [5, 5.41) is 2.98. The van der Waals surface area contributed by atoms with Crippen molar-refractivity contribution in [3.63, 3.8) is 0 Å². The van der Waals surface area contributed by atoms with E-state index < -0.39 is 12.1 Å². The highest BCUT2D eigenvalue weighted by Gasteiger charge is 2.66. The van der Waals surface area contributed by atoms with Gasteiger partial charge in [0.15, 0.2) is 0 Å². The lowest BCUT2D eigenvalue weighted by molar-refractivity contribution is -0.244. The van der Waals surface area contributed by atoms with Gasteiger partial charge in [-0.15, -0.1) is 0 Å². The maximum absolute atomic E-state index is 14.5. The first-order valence-electron chi connectivity index (χ1n) is 13.2. The van der Waals surface area contributed by atoms with Crippen LogP contribution in [0.1, 0.15) is 98.8 Å². The fraction of sp³-hybridized carbons (Fsp3) is 0.963. The van der Waals surface area contributed by atoms with E-state index in [2.05, 4.69) is 39.9 Å². The minimum Gasteiger partial charge on any atom is -0.353 e. The minimum absolute atomic E-state index is 0.0308. The molecule has 0 aromatic heterocycles. The summed E-state index contributed by atoms with van der Waals surface area (Å²) < 4.78 is 43.4. The number of carbonyl (C=O) groups is 1. The van der Waals surface area contributed by atoms with Crippen molar-refractivity contribution in [2.45, 2.75) is 111 Å².